The summed E-state index contributed by atoms with van der Waals surface area (Å²) >= 11 is 0. The summed E-state index contributed by atoms with van der Waals surface area (Å²) in [6.07, 6.45) is 2.55. The Kier molecular flexibility index (Phi) is 6.93. The minimum Gasteiger partial charge on any atom is -0.493 e. The summed E-state index contributed by atoms with van der Waals surface area (Å²) in [6.45, 7) is 3.55. The molecule has 144 valence electrons. The molecule has 0 radical (unpaired) electrons. The fourth-order valence-electron chi connectivity index (χ4n) is 2.26. The SMILES string of the molecule is CCOC(=O)C(=CNc1ncnc2cc(OC)c(OC)cc12)C(=O)OCC. The number of anilines is 1. The molecule has 27 heavy (non-hydrogen) atoms. The topological polar surface area (TPSA) is 109 Å². The fourth-order valence-corrected chi connectivity index (χ4v) is 2.26. The van der Waals surface area contributed by atoms with Crippen molar-refractivity contribution in [2.75, 3.05) is 32.8 Å². The summed E-state index contributed by atoms with van der Waals surface area (Å²) in [4.78, 5) is 32.4. The van der Waals surface area contributed by atoms with Crippen LogP contribution >= 0.6 is 0 Å². The van der Waals surface area contributed by atoms with Crippen molar-refractivity contribution < 1.29 is 28.5 Å². The van der Waals surface area contributed by atoms with Crippen LogP contribution in [-0.4, -0.2) is 49.3 Å². The van der Waals surface area contributed by atoms with Gasteiger partial charge in [0.1, 0.15) is 12.1 Å². The summed E-state index contributed by atoms with van der Waals surface area (Å²) in [5.74, 6) is -0.207. The van der Waals surface area contributed by atoms with Crippen molar-refractivity contribution in [3.8, 4) is 11.5 Å². The summed E-state index contributed by atoms with van der Waals surface area (Å²) in [5, 5.41) is 3.45. The van der Waals surface area contributed by atoms with E-state index in [0.29, 0.717) is 28.2 Å². The van der Waals surface area contributed by atoms with E-state index in [-0.39, 0.29) is 18.8 Å². The first-order valence-electron chi connectivity index (χ1n) is 8.23. The molecule has 0 amide bonds. The minimum absolute atomic E-state index is 0.128. The standard InChI is InChI=1S/C18H21N3O6/c1-5-26-17(22)12(18(23)27-6-2)9-19-16-11-7-14(24-3)15(25-4)8-13(11)20-10-21-16/h7-10H,5-6H2,1-4H3,(H,19,20,21). The van der Waals surface area contributed by atoms with Gasteiger partial charge in [0.15, 0.2) is 17.1 Å². The Bertz CT molecular complexity index is 846. The Morgan fingerprint density at radius 1 is 1.00 bits per heavy atom. The third-order valence-corrected chi connectivity index (χ3v) is 3.48. The lowest BCUT2D eigenvalue weighted by molar-refractivity contribution is -0.146. The maximum Gasteiger partial charge on any atom is 0.347 e. The average molecular weight is 375 g/mol. The Morgan fingerprint density at radius 3 is 2.15 bits per heavy atom. The third-order valence-electron chi connectivity index (χ3n) is 3.48. The number of carbonyl (C=O) groups is 2. The van der Waals surface area contributed by atoms with Gasteiger partial charge in [-0.2, -0.15) is 0 Å². The maximum absolute atomic E-state index is 12.0. The van der Waals surface area contributed by atoms with Gasteiger partial charge < -0.3 is 24.3 Å². The Balaban J connectivity index is 2.44. The molecule has 0 aliphatic carbocycles. The van der Waals surface area contributed by atoms with Crippen molar-refractivity contribution in [3.05, 3.63) is 30.2 Å². The summed E-state index contributed by atoms with van der Waals surface area (Å²) in [6, 6.07) is 3.39. The molecule has 0 saturated carbocycles. The molecule has 9 nitrogen and oxygen atoms in total. The highest BCUT2D eigenvalue weighted by Crippen LogP contribution is 2.33. The number of esters is 2. The van der Waals surface area contributed by atoms with Crippen LogP contribution in [0.3, 0.4) is 0 Å². The van der Waals surface area contributed by atoms with Crippen LogP contribution in [0.5, 0.6) is 11.5 Å². The highest BCUT2D eigenvalue weighted by atomic mass is 16.6. The first-order chi connectivity index (χ1) is 13.0. The van der Waals surface area contributed by atoms with Crippen LogP contribution in [0.2, 0.25) is 0 Å². The molecular formula is C18H21N3O6. The Morgan fingerprint density at radius 2 is 1.59 bits per heavy atom. The van der Waals surface area contributed by atoms with Gasteiger partial charge in [0.25, 0.3) is 0 Å². The van der Waals surface area contributed by atoms with E-state index in [9.17, 15) is 9.59 Å². The number of ether oxygens (including phenoxy) is 4. The van der Waals surface area contributed by atoms with E-state index in [4.69, 9.17) is 18.9 Å². The third kappa shape index (κ3) is 4.63. The van der Waals surface area contributed by atoms with Crippen LogP contribution in [0.25, 0.3) is 10.9 Å². The van der Waals surface area contributed by atoms with Gasteiger partial charge in [-0.1, -0.05) is 0 Å². The molecule has 0 fully saturated rings. The normalized spacial score (nSPS) is 10.1. The van der Waals surface area contributed by atoms with Crippen molar-refractivity contribution >= 4 is 28.7 Å². The molecule has 9 heteroatoms. The second-order valence-electron chi connectivity index (χ2n) is 5.09. The minimum atomic E-state index is -0.791. The number of hydrogen-bond donors (Lipinski definition) is 1. The number of rotatable bonds is 8. The number of methoxy groups -OCH3 is 2. The molecule has 1 aromatic heterocycles. The van der Waals surface area contributed by atoms with E-state index in [1.807, 2.05) is 0 Å². The van der Waals surface area contributed by atoms with Crippen LogP contribution in [0.1, 0.15) is 13.8 Å². The van der Waals surface area contributed by atoms with E-state index >= 15 is 0 Å². The number of nitrogens with one attached hydrogen (secondary N) is 1. The second-order valence-corrected chi connectivity index (χ2v) is 5.09. The zero-order valence-corrected chi connectivity index (χ0v) is 15.6. The van der Waals surface area contributed by atoms with Crippen molar-refractivity contribution in [1.29, 1.82) is 0 Å². The molecule has 0 aliphatic rings. The Labute approximate surface area is 156 Å². The first-order valence-corrected chi connectivity index (χ1v) is 8.23. The van der Waals surface area contributed by atoms with Gasteiger partial charge in [-0.15, -0.1) is 0 Å². The Hall–Kier alpha value is -3.36. The van der Waals surface area contributed by atoms with Gasteiger partial charge in [-0.05, 0) is 19.9 Å². The lowest BCUT2D eigenvalue weighted by atomic mass is 10.2. The molecule has 0 saturated heterocycles. The van der Waals surface area contributed by atoms with Gasteiger partial charge in [0, 0.05) is 17.7 Å². The van der Waals surface area contributed by atoms with Gasteiger partial charge in [0.05, 0.1) is 33.0 Å². The molecule has 2 aromatic rings. The molecule has 1 aromatic carbocycles. The molecule has 1 N–H and O–H groups in total. The van der Waals surface area contributed by atoms with Crippen LogP contribution in [-0.2, 0) is 19.1 Å². The smallest absolute Gasteiger partial charge is 0.347 e. The molecule has 0 bridgehead atoms. The lowest BCUT2D eigenvalue weighted by Gasteiger charge is -2.11. The van der Waals surface area contributed by atoms with Crippen LogP contribution in [0.4, 0.5) is 5.82 Å². The molecule has 0 spiro atoms. The van der Waals surface area contributed by atoms with Gasteiger partial charge >= 0.3 is 11.9 Å². The number of carbonyl (C=O) groups excluding carboxylic acids is 2. The van der Waals surface area contributed by atoms with Crippen LogP contribution < -0.4 is 14.8 Å². The van der Waals surface area contributed by atoms with Crippen molar-refractivity contribution in [2.24, 2.45) is 0 Å². The molecule has 0 unspecified atom stereocenters. The second kappa shape index (κ2) is 9.37. The molecule has 2 rings (SSSR count). The molecule has 1 heterocycles. The maximum atomic E-state index is 12.0. The summed E-state index contributed by atoms with van der Waals surface area (Å²) < 4.78 is 20.3. The number of benzene rings is 1. The predicted molar refractivity (Wildman–Crippen MR) is 97.6 cm³/mol. The van der Waals surface area contributed by atoms with Crippen molar-refractivity contribution in [1.82, 2.24) is 9.97 Å². The average Bonchev–Trinajstić information content (AvgIpc) is 2.67. The van der Waals surface area contributed by atoms with Gasteiger partial charge in [-0.25, -0.2) is 19.6 Å². The fraction of sp³-hybridized carbons (Fsp3) is 0.333. The van der Waals surface area contributed by atoms with E-state index in [0.717, 1.165) is 0 Å². The molecular weight excluding hydrogens is 354 g/mol. The highest BCUT2D eigenvalue weighted by molar-refractivity contribution is 6.14. The predicted octanol–water partition coefficient (Wildman–Crippen LogP) is 2.07. The van der Waals surface area contributed by atoms with E-state index in [2.05, 4.69) is 15.3 Å². The van der Waals surface area contributed by atoms with Crippen LogP contribution in [0.15, 0.2) is 30.2 Å². The zero-order valence-electron chi connectivity index (χ0n) is 15.6. The van der Waals surface area contributed by atoms with Crippen LogP contribution in [0, 0.1) is 0 Å². The summed E-state index contributed by atoms with van der Waals surface area (Å²) in [5.41, 5.74) is 0.318. The van der Waals surface area contributed by atoms with E-state index in [1.165, 1.54) is 26.7 Å². The quantitative estimate of drug-likeness (QED) is 0.321. The van der Waals surface area contributed by atoms with Gasteiger partial charge in [0.2, 0.25) is 0 Å². The van der Waals surface area contributed by atoms with Crippen molar-refractivity contribution in [2.45, 2.75) is 13.8 Å². The summed E-state index contributed by atoms with van der Waals surface area (Å²) in [7, 11) is 3.04. The van der Waals surface area contributed by atoms with E-state index < -0.39 is 11.9 Å². The first kappa shape index (κ1) is 20.0. The monoisotopic (exact) mass is 375 g/mol. The zero-order chi connectivity index (χ0) is 19.8. The number of fused-ring (bicyclic) bond motifs is 1. The lowest BCUT2D eigenvalue weighted by Crippen LogP contribution is -2.19. The molecule has 0 atom stereocenters. The van der Waals surface area contributed by atoms with E-state index in [1.54, 1.807) is 26.0 Å². The number of hydrogen-bond acceptors (Lipinski definition) is 9. The van der Waals surface area contributed by atoms with Crippen molar-refractivity contribution in [3.63, 3.8) is 0 Å². The van der Waals surface area contributed by atoms with Gasteiger partial charge in [-0.3, -0.25) is 0 Å². The highest BCUT2D eigenvalue weighted by Gasteiger charge is 2.21. The number of nitrogens with zero attached hydrogens (tertiary/aromatic N) is 2. The molecule has 0 aliphatic heterocycles. The largest absolute Gasteiger partial charge is 0.493 e. The number of aromatic nitrogens is 2.